The van der Waals surface area contributed by atoms with Crippen molar-refractivity contribution >= 4 is 15.8 Å². The number of rotatable bonds is 7. The maximum atomic E-state index is 13.6. The van der Waals surface area contributed by atoms with Crippen LogP contribution in [0.1, 0.15) is 67.1 Å². The van der Waals surface area contributed by atoms with Gasteiger partial charge in [-0.3, -0.25) is 5.32 Å². The highest BCUT2D eigenvalue weighted by Crippen LogP contribution is 2.40. The number of carbonyl (C=O) groups excluding carboxylic acids is 1. The van der Waals surface area contributed by atoms with Crippen molar-refractivity contribution < 1.29 is 22.7 Å². The molecule has 31 heavy (non-hydrogen) atoms. The molecule has 0 aliphatic carbocycles. The van der Waals surface area contributed by atoms with Crippen LogP contribution in [0.15, 0.2) is 47.4 Å². The van der Waals surface area contributed by atoms with Crippen LogP contribution in [0.25, 0.3) is 0 Å². The lowest BCUT2D eigenvalue weighted by Gasteiger charge is -2.36. The van der Waals surface area contributed by atoms with E-state index in [0.29, 0.717) is 17.7 Å². The maximum absolute atomic E-state index is 13.6. The summed E-state index contributed by atoms with van der Waals surface area (Å²) in [6.07, 6.45) is 3.32. The second kappa shape index (κ2) is 9.40. The molecule has 0 aromatic heterocycles. The lowest BCUT2D eigenvalue weighted by Crippen LogP contribution is -2.50. The number of ether oxygens (including phenoxy) is 2. The molecule has 2 aromatic rings. The molecule has 7 heteroatoms. The third-order valence-corrected chi connectivity index (χ3v) is 8.07. The Morgan fingerprint density at radius 3 is 2.45 bits per heavy atom. The van der Waals surface area contributed by atoms with Gasteiger partial charge >= 0.3 is 5.97 Å². The van der Waals surface area contributed by atoms with E-state index in [9.17, 15) is 13.2 Å². The van der Waals surface area contributed by atoms with Crippen LogP contribution in [0, 0.1) is 0 Å². The van der Waals surface area contributed by atoms with E-state index in [1.54, 1.807) is 6.07 Å². The van der Waals surface area contributed by atoms with Gasteiger partial charge in [0.05, 0.1) is 30.9 Å². The molecule has 0 bridgehead atoms. The minimum Gasteiger partial charge on any atom is -0.496 e. The Hall–Kier alpha value is -2.38. The first-order chi connectivity index (χ1) is 14.8. The molecule has 0 saturated heterocycles. The summed E-state index contributed by atoms with van der Waals surface area (Å²) in [6.45, 7) is 4.13. The zero-order chi connectivity index (χ0) is 22.6. The van der Waals surface area contributed by atoms with E-state index in [1.807, 2.05) is 37.3 Å². The van der Waals surface area contributed by atoms with Gasteiger partial charge in [0.2, 0.25) is 0 Å². The summed E-state index contributed by atoms with van der Waals surface area (Å²) in [5.74, 6) is -0.364. The number of nitrogens with one attached hydrogen (secondary N) is 1. The molecule has 6 nitrogen and oxygen atoms in total. The van der Waals surface area contributed by atoms with Crippen molar-refractivity contribution in [3.63, 3.8) is 0 Å². The zero-order valence-electron chi connectivity index (χ0n) is 18.6. The van der Waals surface area contributed by atoms with E-state index in [0.717, 1.165) is 24.8 Å². The molecule has 168 valence electrons. The van der Waals surface area contributed by atoms with Gasteiger partial charge in [-0.1, -0.05) is 57.0 Å². The highest BCUT2D eigenvalue weighted by molar-refractivity contribution is 7.91. The van der Waals surface area contributed by atoms with Crippen LogP contribution < -0.4 is 10.1 Å². The Morgan fingerprint density at radius 1 is 1.16 bits per heavy atom. The average molecular weight is 446 g/mol. The van der Waals surface area contributed by atoms with Crippen molar-refractivity contribution in [2.45, 2.75) is 56.0 Å². The summed E-state index contributed by atoms with van der Waals surface area (Å²) in [7, 11) is -0.957. The summed E-state index contributed by atoms with van der Waals surface area (Å²) >= 11 is 0. The number of sulfone groups is 1. The van der Waals surface area contributed by atoms with Gasteiger partial charge in [-0.25, -0.2) is 13.2 Å². The second-order valence-electron chi connectivity index (χ2n) is 8.07. The van der Waals surface area contributed by atoms with Crippen LogP contribution in [0.3, 0.4) is 0 Å². The molecule has 3 rings (SSSR count). The summed E-state index contributed by atoms with van der Waals surface area (Å²) in [4.78, 5) is 12.5. The summed E-state index contributed by atoms with van der Waals surface area (Å²) in [5, 5.41) is 3.71. The molecule has 1 aliphatic rings. The standard InChI is InChI=1S/C24H31NO5S/c1-5-7-13-24(6-2)16-31(27,28)21-15-18(23(26)30-4)20(29-3)14-19(21)22(25-24)17-11-9-8-10-12-17/h8-12,14-15,22,25H,5-7,13,16H2,1-4H3/t22-,24-/m1/s1. The number of carbonyl (C=O) groups is 1. The van der Waals surface area contributed by atoms with Crippen LogP contribution >= 0.6 is 0 Å². The van der Waals surface area contributed by atoms with Gasteiger partial charge < -0.3 is 9.47 Å². The lowest BCUT2D eigenvalue weighted by molar-refractivity contribution is 0.0596. The Labute approximate surface area is 184 Å². The molecule has 0 spiro atoms. The van der Waals surface area contributed by atoms with Crippen molar-refractivity contribution in [1.82, 2.24) is 5.32 Å². The van der Waals surface area contributed by atoms with Crippen molar-refractivity contribution in [2.75, 3.05) is 20.0 Å². The normalized spacial score (nSPS) is 22.3. The average Bonchev–Trinajstić information content (AvgIpc) is 2.89. The van der Waals surface area contributed by atoms with Crippen molar-refractivity contribution in [1.29, 1.82) is 0 Å². The van der Waals surface area contributed by atoms with Crippen LogP contribution in [-0.2, 0) is 14.6 Å². The second-order valence-corrected chi connectivity index (χ2v) is 10.0. The maximum Gasteiger partial charge on any atom is 0.341 e. The zero-order valence-corrected chi connectivity index (χ0v) is 19.4. The predicted octanol–water partition coefficient (Wildman–Crippen LogP) is 4.29. The molecule has 0 amide bonds. The fourth-order valence-electron chi connectivity index (χ4n) is 4.32. The lowest BCUT2D eigenvalue weighted by atomic mass is 9.88. The Kier molecular flexibility index (Phi) is 7.06. The van der Waals surface area contributed by atoms with Crippen molar-refractivity contribution in [3.8, 4) is 5.75 Å². The van der Waals surface area contributed by atoms with Gasteiger partial charge in [0.15, 0.2) is 9.84 Å². The van der Waals surface area contributed by atoms with Gasteiger partial charge in [0.1, 0.15) is 11.3 Å². The topological polar surface area (TPSA) is 81.7 Å². The molecule has 1 heterocycles. The fraction of sp³-hybridized carbons (Fsp3) is 0.458. The van der Waals surface area contributed by atoms with Crippen LogP contribution in [0.2, 0.25) is 0 Å². The number of methoxy groups -OCH3 is 2. The van der Waals surface area contributed by atoms with Gasteiger partial charge in [0.25, 0.3) is 0 Å². The number of benzene rings is 2. The van der Waals surface area contributed by atoms with Gasteiger partial charge in [-0.15, -0.1) is 0 Å². The number of hydrogen-bond donors (Lipinski definition) is 1. The molecule has 2 aromatic carbocycles. The molecule has 0 saturated carbocycles. The number of esters is 1. The smallest absolute Gasteiger partial charge is 0.341 e. The number of fused-ring (bicyclic) bond motifs is 1. The number of hydrogen-bond acceptors (Lipinski definition) is 6. The highest BCUT2D eigenvalue weighted by atomic mass is 32.2. The van der Waals surface area contributed by atoms with E-state index in [2.05, 4.69) is 12.2 Å². The largest absolute Gasteiger partial charge is 0.496 e. The van der Waals surface area contributed by atoms with E-state index >= 15 is 0 Å². The first-order valence-corrected chi connectivity index (χ1v) is 12.3. The third-order valence-electron chi connectivity index (χ3n) is 6.12. The van der Waals surface area contributed by atoms with Gasteiger partial charge in [0, 0.05) is 5.54 Å². The van der Waals surface area contributed by atoms with Crippen LogP contribution in [0.4, 0.5) is 0 Å². The quantitative estimate of drug-likeness (QED) is 0.641. The predicted molar refractivity (Wildman–Crippen MR) is 120 cm³/mol. The highest BCUT2D eigenvalue weighted by Gasteiger charge is 2.42. The van der Waals surface area contributed by atoms with Crippen molar-refractivity contribution in [3.05, 3.63) is 59.2 Å². The van der Waals surface area contributed by atoms with Crippen molar-refractivity contribution in [2.24, 2.45) is 0 Å². The fourth-order valence-corrected chi connectivity index (χ4v) is 6.47. The third kappa shape index (κ3) is 4.62. The number of unbranched alkanes of at least 4 members (excludes halogenated alkanes) is 1. The molecule has 1 aliphatic heterocycles. The first-order valence-electron chi connectivity index (χ1n) is 10.7. The minimum absolute atomic E-state index is 0.0280. The Balaban J connectivity index is 2.30. The van der Waals surface area contributed by atoms with Gasteiger partial charge in [-0.2, -0.15) is 0 Å². The monoisotopic (exact) mass is 445 g/mol. The van der Waals surface area contributed by atoms with E-state index in [1.165, 1.54) is 20.3 Å². The summed E-state index contributed by atoms with van der Waals surface area (Å²) in [6, 6.07) is 12.5. The molecule has 0 unspecified atom stereocenters. The van der Waals surface area contributed by atoms with Crippen LogP contribution in [-0.4, -0.2) is 39.9 Å². The molecule has 0 fully saturated rings. The summed E-state index contributed by atoms with van der Waals surface area (Å²) in [5.41, 5.74) is 1.08. The summed E-state index contributed by atoms with van der Waals surface area (Å²) < 4.78 is 37.6. The Bertz CT molecular complexity index is 1040. The molecule has 2 atom stereocenters. The molecule has 1 N–H and O–H groups in total. The molecular weight excluding hydrogens is 414 g/mol. The Morgan fingerprint density at radius 2 is 1.87 bits per heavy atom. The molecule has 0 radical (unpaired) electrons. The first kappa shape index (κ1) is 23.3. The SMILES string of the molecule is CCCC[C@]1(CC)CS(=O)(=O)c2cc(C(=O)OC)c(OC)cc2[C@@H](c2ccccc2)N1. The minimum atomic E-state index is -3.68. The van der Waals surface area contributed by atoms with E-state index < -0.39 is 21.3 Å². The van der Waals surface area contributed by atoms with E-state index in [-0.39, 0.29) is 22.3 Å². The van der Waals surface area contributed by atoms with Crippen LogP contribution in [0.5, 0.6) is 5.75 Å². The van der Waals surface area contributed by atoms with E-state index in [4.69, 9.17) is 9.47 Å². The van der Waals surface area contributed by atoms with Gasteiger partial charge in [-0.05, 0) is 36.1 Å². The molecular formula is C24H31NO5S.